The summed E-state index contributed by atoms with van der Waals surface area (Å²) in [6, 6.07) is 1.07. The lowest BCUT2D eigenvalue weighted by molar-refractivity contribution is -0.383. The molecule has 1 fully saturated rings. The first kappa shape index (κ1) is 18.3. The van der Waals surface area contributed by atoms with Gasteiger partial charge in [0.25, 0.3) is 11.2 Å². The standard InChI is InChI=1S/C16H14F3N3O3S/c1-21(6-2-3-9-4-5-9)15-20-14(23)11-7-10(16(17,18)19)8-12(22(24)25)13(11)26-15/h2-3,7-9H,4-6H2,1H3/b3-2+. The van der Waals surface area contributed by atoms with E-state index in [0.717, 1.165) is 24.2 Å². The molecule has 1 aliphatic carbocycles. The fourth-order valence-corrected chi connectivity index (χ4v) is 3.42. The third-order valence-electron chi connectivity index (χ3n) is 3.95. The van der Waals surface area contributed by atoms with Gasteiger partial charge in [-0.25, -0.2) is 0 Å². The van der Waals surface area contributed by atoms with Crippen LogP contribution < -0.4 is 10.5 Å². The zero-order chi connectivity index (χ0) is 19.1. The molecule has 0 N–H and O–H groups in total. The number of aromatic nitrogens is 1. The van der Waals surface area contributed by atoms with Gasteiger partial charge in [0.05, 0.1) is 15.9 Å². The van der Waals surface area contributed by atoms with Gasteiger partial charge >= 0.3 is 6.18 Å². The monoisotopic (exact) mass is 385 g/mol. The molecule has 2 aromatic rings. The molecule has 10 heteroatoms. The zero-order valence-corrected chi connectivity index (χ0v) is 14.4. The number of rotatable bonds is 5. The van der Waals surface area contributed by atoms with Crippen LogP contribution in [0.4, 0.5) is 24.0 Å². The number of fused-ring (bicyclic) bond motifs is 1. The van der Waals surface area contributed by atoms with Crippen molar-refractivity contribution >= 4 is 32.2 Å². The van der Waals surface area contributed by atoms with E-state index in [2.05, 4.69) is 11.1 Å². The molecule has 1 aromatic carbocycles. The summed E-state index contributed by atoms with van der Waals surface area (Å²) in [5.74, 6) is 0.577. The normalized spacial score (nSPS) is 14.9. The molecule has 1 heterocycles. The van der Waals surface area contributed by atoms with Crippen molar-refractivity contribution in [3.05, 3.63) is 50.3 Å². The van der Waals surface area contributed by atoms with Gasteiger partial charge in [0.15, 0.2) is 5.13 Å². The van der Waals surface area contributed by atoms with Crippen molar-refractivity contribution in [2.45, 2.75) is 19.0 Å². The Kier molecular flexibility index (Phi) is 4.70. The van der Waals surface area contributed by atoms with Crippen LogP contribution >= 0.6 is 11.3 Å². The van der Waals surface area contributed by atoms with Gasteiger partial charge in [0.2, 0.25) is 0 Å². The van der Waals surface area contributed by atoms with Crippen LogP contribution in [-0.2, 0) is 6.18 Å². The molecule has 0 bridgehead atoms. The topological polar surface area (TPSA) is 76.3 Å². The van der Waals surface area contributed by atoms with E-state index < -0.39 is 33.3 Å². The molecule has 3 rings (SSSR count). The van der Waals surface area contributed by atoms with E-state index in [-0.39, 0.29) is 9.83 Å². The van der Waals surface area contributed by atoms with Crippen molar-refractivity contribution in [3.63, 3.8) is 0 Å². The van der Waals surface area contributed by atoms with Crippen molar-refractivity contribution < 1.29 is 18.1 Å². The summed E-state index contributed by atoms with van der Waals surface area (Å²) in [6.45, 7) is 0.444. The van der Waals surface area contributed by atoms with Crippen molar-refractivity contribution in [1.29, 1.82) is 0 Å². The minimum Gasteiger partial charge on any atom is -0.347 e. The molecule has 1 aliphatic rings. The minimum atomic E-state index is -4.79. The lowest BCUT2D eigenvalue weighted by Gasteiger charge is -2.15. The number of anilines is 1. The maximum absolute atomic E-state index is 13.0. The van der Waals surface area contributed by atoms with Gasteiger partial charge in [-0.3, -0.25) is 14.9 Å². The molecule has 0 radical (unpaired) electrons. The smallest absolute Gasteiger partial charge is 0.347 e. The summed E-state index contributed by atoms with van der Waals surface area (Å²) < 4.78 is 38.7. The summed E-state index contributed by atoms with van der Waals surface area (Å²) in [5.41, 5.74) is -2.90. The first-order valence-corrected chi connectivity index (χ1v) is 8.56. The Labute approximate surface area is 149 Å². The molecule has 26 heavy (non-hydrogen) atoms. The Morgan fingerprint density at radius 3 is 2.69 bits per heavy atom. The molecule has 0 unspecified atom stereocenters. The first-order chi connectivity index (χ1) is 12.2. The number of hydrogen-bond donors (Lipinski definition) is 0. The van der Waals surface area contributed by atoms with Crippen molar-refractivity contribution in [1.82, 2.24) is 4.98 Å². The second-order valence-electron chi connectivity index (χ2n) is 6.07. The maximum Gasteiger partial charge on any atom is 0.416 e. The Balaban J connectivity index is 2.07. The second kappa shape index (κ2) is 6.67. The molecule has 0 atom stereocenters. The summed E-state index contributed by atoms with van der Waals surface area (Å²) in [6.07, 6.45) is 1.48. The quantitative estimate of drug-likeness (QED) is 0.442. The fourth-order valence-electron chi connectivity index (χ4n) is 2.38. The van der Waals surface area contributed by atoms with Crippen LogP contribution in [0.15, 0.2) is 29.1 Å². The van der Waals surface area contributed by atoms with Crippen LogP contribution in [0.5, 0.6) is 0 Å². The van der Waals surface area contributed by atoms with Gasteiger partial charge in [-0.05, 0) is 24.8 Å². The van der Waals surface area contributed by atoms with E-state index in [0.29, 0.717) is 24.6 Å². The second-order valence-corrected chi connectivity index (χ2v) is 7.05. The van der Waals surface area contributed by atoms with E-state index in [1.807, 2.05) is 6.08 Å². The first-order valence-electron chi connectivity index (χ1n) is 7.75. The predicted octanol–water partition coefficient (Wildman–Crippen LogP) is 3.99. The Hall–Kier alpha value is -2.49. The zero-order valence-electron chi connectivity index (χ0n) is 13.6. The number of nitrogens with zero attached hydrogens (tertiary/aromatic N) is 3. The highest BCUT2D eigenvalue weighted by molar-refractivity contribution is 7.22. The van der Waals surface area contributed by atoms with Crippen LogP contribution in [0.3, 0.4) is 0 Å². The number of alkyl halides is 3. The van der Waals surface area contributed by atoms with Crippen LogP contribution in [0.25, 0.3) is 10.1 Å². The van der Waals surface area contributed by atoms with Gasteiger partial charge in [-0.1, -0.05) is 23.5 Å². The lowest BCUT2D eigenvalue weighted by Crippen LogP contribution is -2.21. The Morgan fingerprint density at radius 2 is 2.12 bits per heavy atom. The van der Waals surface area contributed by atoms with E-state index >= 15 is 0 Å². The summed E-state index contributed by atoms with van der Waals surface area (Å²) in [7, 11) is 1.66. The lowest BCUT2D eigenvalue weighted by atomic mass is 10.1. The number of benzene rings is 1. The highest BCUT2D eigenvalue weighted by Crippen LogP contribution is 2.38. The van der Waals surface area contributed by atoms with E-state index in [9.17, 15) is 28.1 Å². The third kappa shape index (κ3) is 3.85. The number of likely N-dealkylation sites (N-methyl/N-ethyl adjacent to an activating group) is 1. The molecule has 138 valence electrons. The average Bonchev–Trinajstić information content (AvgIpc) is 3.37. The summed E-state index contributed by atoms with van der Waals surface area (Å²) >= 11 is 0.830. The van der Waals surface area contributed by atoms with Crippen LogP contribution in [0.2, 0.25) is 0 Å². The van der Waals surface area contributed by atoms with Crippen LogP contribution in [-0.4, -0.2) is 23.5 Å². The molecule has 6 nitrogen and oxygen atoms in total. The Morgan fingerprint density at radius 1 is 1.42 bits per heavy atom. The molecular formula is C16H14F3N3O3S. The van der Waals surface area contributed by atoms with Crippen molar-refractivity contribution in [3.8, 4) is 0 Å². The molecule has 0 saturated heterocycles. The SMILES string of the molecule is CN(C/C=C/C1CC1)c1nc(=O)c2cc(C(F)(F)F)cc([N+](=O)[O-])c2s1. The van der Waals surface area contributed by atoms with Crippen LogP contribution in [0.1, 0.15) is 18.4 Å². The van der Waals surface area contributed by atoms with E-state index in [1.54, 1.807) is 11.9 Å². The maximum atomic E-state index is 13.0. The number of nitro benzene ring substituents is 1. The average molecular weight is 385 g/mol. The van der Waals surface area contributed by atoms with E-state index in [1.165, 1.54) is 0 Å². The molecule has 0 spiro atoms. The molecule has 1 saturated carbocycles. The van der Waals surface area contributed by atoms with Gasteiger partial charge in [-0.2, -0.15) is 18.2 Å². The summed E-state index contributed by atoms with van der Waals surface area (Å²) in [5, 5.41) is 11.1. The van der Waals surface area contributed by atoms with Gasteiger partial charge in [0.1, 0.15) is 4.70 Å². The minimum absolute atomic E-state index is 0.115. The van der Waals surface area contributed by atoms with E-state index in [4.69, 9.17) is 0 Å². The van der Waals surface area contributed by atoms with Gasteiger partial charge in [0, 0.05) is 19.7 Å². The number of non-ortho nitro benzene ring substituents is 1. The van der Waals surface area contributed by atoms with Crippen LogP contribution in [0, 0.1) is 16.0 Å². The molecular weight excluding hydrogens is 371 g/mol. The van der Waals surface area contributed by atoms with Crippen molar-refractivity contribution in [2.75, 3.05) is 18.5 Å². The van der Waals surface area contributed by atoms with Gasteiger partial charge in [-0.15, -0.1) is 0 Å². The summed E-state index contributed by atoms with van der Waals surface area (Å²) in [4.78, 5) is 28.0. The highest BCUT2D eigenvalue weighted by Gasteiger charge is 2.34. The highest BCUT2D eigenvalue weighted by atomic mass is 32.1. The predicted molar refractivity (Wildman–Crippen MR) is 92.7 cm³/mol. The molecule has 0 aliphatic heterocycles. The molecule has 1 aromatic heterocycles. The van der Waals surface area contributed by atoms with Crippen molar-refractivity contribution in [2.24, 2.45) is 5.92 Å². The Bertz CT molecular complexity index is 951. The number of allylic oxidation sites excluding steroid dienone is 1. The number of hydrogen-bond acceptors (Lipinski definition) is 6. The largest absolute Gasteiger partial charge is 0.416 e. The molecule has 0 amide bonds. The third-order valence-corrected chi connectivity index (χ3v) is 5.17. The fraction of sp³-hybridized carbons (Fsp3) is 0.375. The number of nitro groups is 1. The number of halogens is 3. The van der Waals surface area contributed by atoms with Gasteiger partial charge < -0.3 is 4.90 Å².